The maximum atomic E-state index is 12.3. The lowest BCUT2D eigenvalue weighted by Crippen LogP contribution is -2.41. The number of rotatable bonds is 4. The number of aromatic nitrogens is 3. The molecule has 1 aliphatic heterocycles. The van der Waals surface area contributed by atoms with Gasteiger partial charge in [-0.2, -0.15) is 5.10 Å². The molecule has 2 aromatic rings. The van der Waals surface area contributed by atoms with Crippen molar-refractivity contribution in [1.29, 1.82) is 0 Å². The average Bonchev–Trinajstić information content (AvgIpc) is 3.01. The lowest BCUT2D eigenvalue weighted by molar-refractivity contribution is -0.129. The number of piperidine rings is 1. The van der Waals surface area contributed by atoms with Crippen molar-refractivity contribution < 1.29 is 13.2 Å². The lowest BCUT2D eigenvalue weighted by Gasteiger charge is -2.30. The molecular weight excluding hydrogens is 368 g/mol. The first-order valence-corrected chi connectivity index (χ1v) is 9.79. The van der Waals surface area contributed by atoms with Crippen LogP contribution in [0.2, 0.25) is 5.02 Å². The summed E-state index contributed by atoms with van der Waals surface area (Å²) in [7, 11) is -3.70. The lowest BCUT2D eigenvalue weighted by atomic mass is 9.96. The highest BCUT2D eigenvalue weighted by Crippen LogP contribution is 2.25. The zero-order valence-electron chi connectivity index (χ0n) is 13.2. The second kappa shape index (κ2) is 7.01. The highest BCUT2D eigenvalue weighted by atomic mass is 35.5. The number of H-pyrrole nitrogens is 2. The van der Waals surface area contributed by atoms with Crippen LogP contribution < -0.4 is 5.69 Å². The minimum Gasteiger partial charge on any atom is -0.342 e. The van der Waals surface area contributed by atoms with Gasteiger partial charge in [0.25, 0.3) is 0 Å². The SMILES string of the molecule is O=C(CS(=O)(=O)c1ccc(Cl)cc1)N1CCC(c2n[nH]c(=O)[nH]2)CC1. The van der Waals surface area contributed by atoms with Crippen LogP contribution in [0.3, 0.4) is 0 Å². The van der Waals surface area contributed by atoms with E-state index < -0.39 is 21.5 Å². The number of nitrogens with zero attached hydrogens (tertiary/aromatic N) is 2. The van der Waals surface area contributed by atoms with Gasteiger partial charge in [0, 0.05) is 24.0 Å². The van der Waals surface area contributed by atoms with Gasteiger partial charge in [-0.05, 0) is 37.1 Å². The van der Waals surface area contributed by atoms with Crippen LogP contribution in [-0.2, 0) is 14.6 Å². The van der Waals surface area contributed by atoms with Crippen molar-refractivity contribution in [2.45, 2.75) is 23.7 Å². The van der Waals surface area contributed by atoms with E-state index in [9.17, 15) is 18.0 Å². The van der Waals surface area contributed by atoms with Gasteiger partial charge in [0.1, 0.15) is 11.6 Å². The first-order chi connectivity index (χ1) is 11.8. The average molecular weight is 385 g/mol. The van der Waals surface area contributed by atoms with Gasteiger partial charge in [-0.1, -0.05) is 11.6 Å². The first kappa shape index (κ1) is 17.7. The summed E-state index contributed by atoms with van der Waals surface area (Å²) in [5.41, 5.74) is -0.359. The third-order valence-electron chi connectivity index (χ3n) is 4.24. The van der Waals surface area contributed by atoms with Gasteiger partial charge in [0.2, 0.25) is 5.91 Å². The van der Waals surface area contributed by atoms with E-state index in [0.717, 1.165) is 0 Å². The van der Waals surface area contributed by atoms with Gasteiger partial charge in [-0.25, -0.2) is 18.3 Å². The van der Waals surface area contributed by atoms with Gasteiger partial charge in [0.05, 0.1) is 4.90 Å². The highest BCUT2D eigenvalue weighted by Gasteiger charge is 2.28. The number of aromatic amines is 2. The molecule has 0 atom stereocenters. The zero-order valence-corrected chi connectivity index (χ0v) is 14.8. The number of halogens is 1. The van der Waals surface area contributed by atoms with Gasteiger partial charge in [-0.3, -0.25) is 9.78 Å². The molecule has 0 spiro atoms. The Labute approximate surface area is 149 Å². The second-order valence-corrected chi connectivity index (χ2v) is 8.36. The Morgan fingerprint density at radius 1 is 1.24 bits per heavy atom. The third-order valence-corrected chi connectivity index (χ3v) is 6.11. The van der Waals surface area contributed by atoms with Crippen molar-refractivity contribution in [3.8, 4) is 0 Å². The molecular formula is C15H17ClN4O4S. The molecule has 1 amide bonds. The summed E-state index contributed by atoms with van der Waals surface area (Å²) in [6, 6.07) is 5.75. The quantitative estimate of drug-likeness (QED) is 0.813. The Hall–Kier alpha value is -2.13. The predicted octanol–water partition coefficient (Wildman–Crippen LogP) is 0.931. The van der Waals surface area contributed by atoms with Crippen molar-refractivity contribution in [3.05, 3.63) is 45.6 Å². The predicted molar refractivity (Wildman–Crippen MR) is 91.3 cm³/mol. The standard InChI is InChI=1S/C15H17ClN4O4S/c16-11-1-3-12(4-2-11)25(23,24)9-13(21)20-7-5-10(6-8-20)14-17-15(22)19-18-14/h1-4,10H,5-9H2,(H2,17,18,19,22). The molecule has 8 nitrogen and oxygen atoms in total. The molecule has 0 bridgehead atoms. The Kier molecular flexibility index (Phi) is 4.96. The molecule has 0 aliphatic carbocycles. The van der Waals surface area contributed by atoms with Crippen molar-refractivity contribution in [3.63, 3.8) is 0 Å². The summed E-state index contributed by atoms with van der Waals surface area (Å²) in [6.45, 7) is 0.850. The van der Waals surface area contributed by atoms with E-state index in [0.29, 0.717) is 36.8 Å². The first-order valence-electron chi connectivity index (χ1n) is 7.76. The van der Waals surface area contributed by atoms with Gasteiger partial charge in [0.15, 0.2) is 9.84 Å². The minimum atomic E-state index is -3.70. The van der Waals surface area contributed by atoms with Crippen molar-refractivity contribution in [2.75, 3.05) is 18.8 Å². The molecule has 0 saturated carbocycles. The van der Waals surface area contributed by atoms with Crippen molar-refractivity contribution in [2.24, 2.45) is 0 Å². The summed E-state index contributed by atoms with van der Waals surface area (Å²) in [4.78, 5) is 27.7. The van der Waals surface area contributed by atoms with E-state index >= 15 is 0 Å². The van der Waals surface area contributed by atoms with Crippen LogP contribution in [0.25, 0.3) is 0 Å². The summed E-state index contributed by atoms with van der Waals surface area (Å²) >= 11 is 5.76. The van der Waals surface area contributed by atoms with Crippen LogP contribution in [0, 0.1) is 0 Å². The molecule has 0 unspecified atom stereocenters. The number of amides is 1. The Bertz CT molecular complexity index is 912. The van der Waals surface area contributed by atoms with Crippen molar-refractivity contribution in [1.82, 2.24) is 20.1 Å². The summed E-state index contributed by atoms with van der Waals surface area (Å²) in [5.74, 6) is -0.371. The number of nitrogens with one attached hydrogen (secondary N) is 2. The molecule has 1 fully saturated rings. The molecule has 2 N–H and O–H groups in total. The Morgan fingerprint density at radius 2 is 1.88 bits per heavy atom. The fourth-order valence-electron chi connectivity index (χ4n) is 2.86. The number of carbonyl (C=O) groups is 1. The number of hydrogen-bond donors (Lipinski definition) is 2. The third kappa shape index (κ3) is 4.10. The number of benzene rings is 1. The molecule has 25 heavy (non-hydrogen) atoms. The van der Waals surface area contributed by atoms with Crippen LogP contribution in [0.4, 0.5) is 0 Å². The van der Waals surface area contributed by atoms with Crippen LogP contribution >= 0.6 is 11.6 Å². The molecule has 3 rings (SSSR count). The van der Waals surface area contributed by atoms with Gasteiger partial charge >= 0.3 is 5.69 Å². The molecule has 0 radical (unpaired) electrons. The van der Waals surface area contributed by atoms with E-state index in [2.05, 4.69) is 15.2 Å². The molecule has 2 heterocycles. The maximum absolute atomic E-state index is 12.3. The maximum Gasteiger partial charge on any atom is 0.340 e. The number of hydrogen-bond acceptors (Lipinski definition) is 5. The molecule has 1 aromatic carbocycles. The highest BCUT2D eigenvalue weighted by molar-refractivity contribution is 7.92. The largest absolute Gasteiger partial charge is 0.342 e. The fourth-order valence-corrected chi connectivity index (χ4v) is 4.21. The zero-order chi connectivity index (χ0) is 18.0. The van der Waals surface area contributed by atoms with Crippen molar-refractivity contribution >= 4 is 27.3 Å². The van der Waals surface area contributed by atoms with E-state index in [1.54, 1.807) is 0 Å². The summed E-state index contributed by atoms with van der Waals surface area (Å²) in [6.07, 6.45) is 1.24. The van der Waals surface area contributed by atoms with Crippen LogP contribution in [0.15, 0.2) is 34.0 Å². The Morgan fingerprint density at radius 3 is 2.44 bits per heavy atom. The Balaban J connectivity index is 1.61. The number of carbonyl (C=O) groups excluding carboxylic acids is 1. The topological polar surface area (TPSA) is 116 Å². The van der Waals surface area contributed by atoms with Gasteiger partial charge < -0.3 is 4.90 Å². The summed E-state index contributed by atoms with van der Waals surface area (Å²) < 4.78 is 24.7. The summed E-state index contributed by atoms with van der Waals surface area (Å²) in [5, 5.41) is 6.67. The second-order valence-electron chi connectivity index (χ2n) is 5.93. The van der Waals surface area contributed by atoms with E-state index in [1.807, 2.05) is 0 Å². The molecule has 1 aromatic heterocycles. The molecule has 134 valence electrons. The molecule has 10 heteroatoms. The van der Waals surface area contributed by atoms with Gasteiger partial charge in [-0.15, -0.1) is 0 Å². The van der Waals surface area contributed by atoms with E-state index in [4.69, 9.17) is 11.6 Å². The van der Waals surface area contributed by atoms with Crippen LogP contribution in [0.1, 0.15) is 24.6 Å². The molecule has 1 saturated heterocycles. The monoisotopic (exact) mass is 384 g/mol. The van der Waals surface area contributed by atoms with Crippen LogP contribution in [0.5, 0.6) is 0 Å². The normalized spacial score (nSPS) is 16.1. The minimum absolute atomic E-state index is 0.0517. The number of sulfone groups is 1. The number of likely N-dealkylation sites (tertiary alicyclic amines) is 1. The van der Waals surface area contributed by atoms with Crippen LogP contribution in [-0.4, -0.2) is 53.2 Å². The van der Waals surface area contributed by atoms with E-state index in [-0.39, 0.29) is 16.5 Å². The molecule has 1 aliphatic rings. The smallest absolute Gasteiger partial charge is 0.340 e. The fraction of sp³-hybridized carbons (Fsp3) is 0.400. The van der Waals surface area contributed by atoms with E-state index in [1.165, 1.54) is 29.2 Å².